The van der Waals surface area contributed by atoms with E-state index < -0.39 is 6.10 Å². The highest BCUT2D eigenvalue weighted by Crippen LogP contribution is 2.31. The second-order valence-corrected chi connectivity index (χ2v) is 7.14. The second kappa shape index (κ2) is 8.61. The quantitative estimate of drug-likeness (QED) is 0.391. The summed E-state index contributed by atoms with van der Waals surface area (Å²) in [6.45, 7) is 1.77. The Hall–Kier alpha value is -3.29. The van der Waals surface area contributed by atoms with E-state index in [1.807, 2.05) is 0 Å². The highest BCUT2D eigenvalue weighted by atomic mass is 35.5. The summed E-state index contributed by atoms with van der Waals surface area (Å²) in [6.07, 6.45) is 0.925. The van der Waals surface area contributed by atoms with Gasteiger partial charge >= 0.3 is 0 Å². The Morgan fingerprint density at radius 1 is 1.13 bits per heavy atom. The van der Waals surface area contributed by atoms with E-state index in [9.17, 15) is 4.79 Å². The van der Waals surface area contributed by atoms with Crippen LogP contribution in [-0.2, 0) is 0 Å². The first-order valence-corrected chi connectivity index (χ1v) is 9.66. The third kappa shape index (κ3) is 4.48. The van der Waals surface area contributed by atoms with Gasteiger partial charge in [0.15, 0.2) is 11.9 Å². The third-order valence-corrected chi connectivity index (χ3v) is 4.66. The lowest BCUT2D eigenvalue weighted by atomic mass is 10.2. The smallest absolute Gasteiger partial charge is 0.291 e. The minimum absolute atomic E-state index is 0.233. The van der Waals surface area contributed by atoms with Gasteiger partial charge in [0, 0.05) is 16.3 Å². The number of rotatable bonds is 6. The number of nitrogens with one attached hydrogen (secondary N) is 1. The number of carbonyl (C=O) groups excluding carboxylic acids is 1. The van der Waals surface area contributed by atoms with Crippen molar-refractivity contribution in [2.75, 3.05) is 5.32 Å². The van der Waals surface area contributed by atoms with Crippen molar-refractivity contribution in [1.29, 1.82) is 0 Å². The molecule has 1 atom stereocenters. The zero-order chi connectivity index (χ0) is 21.1. The van der Waals surface area contributed by atoms with Crippen LogP contribution in [0.15, 0.2) is 69.8 Å². The number of benzene rings is 2. The van der Waals surface area contributed by atoms with Crippen LogP contribution in [0.1, 0.15) is 29.5 Å². The van der Waals surface area contributed by atoms with Crippen molar-refractivity contribution < 1.29 is 18.5 Å². The van der Waals surface area contributed by atoms with Crippen molar-refractivity contribution in [3.05, 3.63) is 82.6 Å². The van der Waals surface area contributed by atoms with Crippen LogP contribution in [0.2, 0.25) is 10.0 Å². The van der Waals surface area contributed by atoms with Crippen LogP contribution in [0.25, 0.3) is 11.4 Å². The Morgan fingerprint density at radius 2 is 1.93 bits per heavy atom. The third-order valence-electron chi connectivity index (χ3n) is 4.13. The van der Waals surface area contributed by atoms with Crippen LogP contribution >= 0.6 is 23.2 Å². The van der Waals surface area contributed by atoms with Crippen LogP contribution in [0, 0.1) is 0 Å². The van der Waals surface area contributed by atoms with E-state index in [-0.39, 0.29) is 11.7 Å². The molecule has 4 rings (SSSR count). The maximum Gasteiger partial charge on any atom is 0.291 e. The van der Waals surface area contributed by atoms with E-state index in [1.54, 1.807) is 61.5 Å². The number of furan rings is 1. The van der Waals surface area contributed by atoms with Crippen LogP contribution in [0.3, 0.4) is 0 Å². The van der Waals surface area contributed by atoms with E-state index >= 15 is 0 Å². The van der Waals surface area contributed by atoms with Crippen LogP contribution < -0.4 is 10.1 Å². The van der Waals surface area contributed by atoms with Gasteiger partial charge in [0.2, 0.25) is 5.82 Å². The van der Waals surface area contributed by atoms with E-state index in [0.29, 0.717) is 33.2 Å². The summed E-state index contributed by atoms with van der Waals surface area (Å²) in [6, 6.07) is 15.2. The number of hydrogen-bond donors (Lipinski definition) is 1. The summed E-state index contributed by atoms with van der Waals surface area (Å²) in [5.74, 6) is 1.06. The molecule has 0 saturated heterocycles. The molecule has 4 aromatic rings. The Balaban J connectivity index is 1.43. The summed E-state index contributed by atoms with van der Waals surface area (Å²) < 4.78 is 16.2. The maximum absolute atomic E-state index is 12.0. The van der Waals surface area contributed by atoms with Gasteiger partial charge in [-0.15, -0.1) is 0 Å². The van der Waals surface area contributed by atoms with E-state index in [2.05, 4.69) is 15.5 Å². The molecule has 2 heterocycles. The summed E-state index contributed by atoms with van der Waals surface area (Å²) in [5.41, 5.74) is 1.33. The van der Waals surface area contributed by atoms with Crippen molar-refractivity contribution in [2.24, 2.45) is 0 Å². The molecule has 9 heteroatoms. The van der Waals surface area contributed by atoms with Crippen LogP contribution in [-0.4, -0.2) is 16.0 Å². The fourth-order valence-electron chi connectivity index (χ4n) is 2.63. The molecule has 0 saturated carbocycles. The van der Waals surface area contributed by atoms with Gasteiger partial charge in [-0.25, -0.2) is 0 Å². The number of carbonyl (C=O) groups is 1. The standard InChI is InChI=1S/C21H15Cl2N3O4/c1-12(29-17-9-6-14(22)11-16(17)23)21-25-19(26-30-21)13-4-7-15(8-5-13)24-20(27)18-3-2-10-28-18/h2-12H,1H3,(H,24,27)/t12-/m0/s1. The summed E-state index contributed by atoms with van der Waals surface area (Å²) in [4.78, 5) is 16.4. The molecule has 30 heavy (non-hydrogen) atoms. The van der Waals surface area contributed by atoms with E-state index in [0.717, 1.165) is 5.56 Å². The lowest BCUT2D eigenvalue weighted by molar-refractivity contribution is 0.0996. The Labute approximate surface area is 181 Å². The molecule has 0 unspecified atom stereocenters. The number of hydrogen-bond acceptors (Lipinski definition) is 6. The molecule has 1 N–H and O–H groups in total. The zero-order valence-corrected chi connectivity index (χ0v) is 17.1. The molecule has 0 radical (unpaired) electrons. The SMILES string of the molecule is C[C@H](Oc1ccc(Cl)cc1Cl)c1nc(-c2ccc(NC(=O)c3ccco3)cc2)no1. The number of nitrogens with zero attached hydrogens (tertiary/aromatic N) is 2. The molecule has 2 aromatic heterocycles. The van der Waals surface area contributed by atoms with Gasteiger partial charge in [0.05, 0.1) is 11.3 Å². The molecule has 0 aliphatic carbocycles. The average Bonchev–Trinajstić information content (AvgIpc) is 3.43. The van der Waals surface area contributed by atoms with Gasteiger partial charge in [0.25, 0.3) is 11.8 Å². The number of anilines is 1. The van der Waals surface area contributed by atoms with Crippen LogP contribution in [0.4, 0.5) is 5.69 Å². The Bertz CT molecular complexity index is 1160. The number of halogens is 2. The molecule has 0 bridgehead atoms. The number of ether oxygens (including phenoxy) is 1. The van der Waals surface area contributed by atoms with E-state index in [4.69, 9.17) is 36.9 Å². The Kier molecular flexibility index (Phi) is 5.74. The van der Waals surface area contributed by atoms with Gasteiger partial charge in [-0.2, -0.15) is 4.98 Å². The minimum Gasteiger partial charge on any atom is -0.479 e. The maximum atomic E-state index is 12.0. The molecule has 1 amide bonds. The van der Waals surface area contributed by atoms with Crippen molar-refractivity contribution in [2.45, 2.75) is 13.0 Å². The average molecular weight is 444 g/mol. The van der Waals surface area contributed by atoms with Gasteiger partial charge in [-0.3, -0.25) is 4.79 Å². The van der Waals surface area contributed by atoms with Crippen molar-refractivity contribution in [3.63, 3.8) is 0 Å². The van der Waals surface area contributed by atoms with Gasteiger partial charge in [0.1, 0.15) is 5.75 Å². The minimum atomic E-state index is -0.517. The normalized spacial score (nSPS) is 11.8. The van der Waals surface area contributed by atoms with Crippen molar-refractivity contribution >= 4 is 34.8 Å². The molecule has 152 valence electrons. The lowest BCUT2D eigenvalue weighted by Gasteiger charge is -2.12. The molecule has 2 aromatic carbocycles. The fourth-order valence-corrected chi connectivity index (χ4v) is 3.09. The molecule has 0 fully saturated rings. The largest absolute Gasteiger partial charge is 0.479 e. The number of aromatic nitrogens is 2. The molecule has 0 aliphatic heterocycles. The summed E-state index contributed by atoms with van der Waals surface area (Å²) in [7, 11) is 0. The van der Waals surface area contributed by atoms with Gasteiger partial charge in [-0.05, 0) is 61.5 Å². The first kappa shape index (κ1) is 20.0. The fraction of sp³-hybridized carbons (Fsp3) is 0.0952. The first-order chi connectivity index (χ1) is 14.5. The lowest BCUT2D eigenvalue weighted by Crippen LogP contribution is -2.10. The topological polar surface area (TPSA) is 90.4 Å². The summed E-state index contributed by atoms with van der Waals surface area (Å²) in [5, 5.41) is 7.65. The monoisotopic (exact) mass is 443 g/mol. The predicted molar refractivity (Wildman–Crippen MR) is 112 cm³/mol. The van der Waals surface area contributed by atoms with Crippen molar-refractivity contribution in [3.8, 4) is 17.1 Å². The molecule has 7 nitrogen and oxygen atoms in total. The zero-order valence-electron chi connectivity index (χ0n) is 15.6. The second-order valence-electron chi connectivity index (χ2n) is 6.30. The molecule has 0 aliphatic rings. The molecular weight excluding hydrogens is 429 g/mol. The van der Waals surface area contributed by atoms with E-state index in [1.165, 1.54) is 6.26 Å². The van der Waals surface area contributed by atoms with Crippen molar-refractivity contribution in [1.82, 2.24) is 10.1 Å². The first-order valence-electron chi connectivity index (χ1n) is 8.90. The number of amides is 1. The predicted octanol–water partition coefficient (Wildman–Crippen LogP) is 6.03. The molecule has 0 spiro atoms. The highest BCUT2D eigenvalue weighted by Gasteiger charge is 2.18. The molecular formula is C21H15Cl2N3O4. The van der Waals surface area contributed by atoms with Gasteiger partial charge in [-0.1, -0.05) is 28.4 Å². The highest BCUT2D eigenvalue weighted by molar-refractivity contribution is 6.35. The Morgan fingerprint density at radius 3 is 2.63 bits per heavy atom. The van der Waals surface area contributed by atoms with Crippen LogP contribution in [0.5, 0.6) is 5.75 Å². The summed E-state index contributed by atoms with van der Waals surface area (Å²) >= 11 is 12.0. The van der Waals surface area contributed by atoms with Gasteiger partial charge < -0.3 is 19.0 Å².